The van der Waals surface area contributed by atoms with Gasteiger partial charge in [-0.2, -0.15) is 4.98 Å². The average molecular weight is 367 g/mol. The van der Waals surface area contributed by atoms with Gasteiger partial charge in [0.15, 0.2) is 11.2 Å². The van der Waals surface area contributed by atoms with Crippen LogP contribution in [0.2, 0.25) is 0 Å². The fraction of sp³-hybridized carbons (Fsp3) is 0.450. The zero-order valence-electron chi connectivity index (χ0n) is 16.3. The SMILES string of the molecule is CCCn1c(=O)c2c(nc3n2CCCN3c2cc(C)cc(C)c2)n(C)c1=O. The first-order valence-electron chi connectivity index (χ1n) is 9.48. The van der Waals surface area contributed by atoms with Gasteiger partial charge in [-0.1, -0.05) is 13.0 Å². The first-order chi connectivity index (χ1) is 12.9. The predicted octanol–water partition coefficient (Wildman–Crippen LogP) is 2.47. The van der Waals surface area contributed by atoms with Crippen molar-refractivity contribution in [1.82, 2.24) is 18.7 Å². The third kappa shape index (κ3) is 2.69. The van der Waals surface area contributed by atoms with E-state index in [-0.39, 0.29) is 11.2 Å². The Hall–Kier alpha value is -2.83. The van der Waals surface area contributed by atoms with E-state index in [0.717, 1.165) is 37.6 Å². The standard InChI is InChI=1S/C20H25N5O2/c1-5-7-25-18(26)16-17(22(4)20(25)27)21-19-23(8-6-9-24(16)19)15-11-13(2)10-14(3)12-15/h10-12H,5-9H2,1-4H3. The minimum absolute atomic E-state index is 0.240. The zero-order chi connectivity index (χ0) is 19.3. The molecule has 1 aromatic carbocycles. The number of rotatable bonds is 3. The van der Waals surface area contributed by atoms with Crippen molar-refractivity contribution in [3.05, 3.63) is 50.2 Å². The summed E-state index contributed by atoms with van der Waals surface area (Å²) in [5.41, 5.74) is 3.89. The van der Waals surface area contributed by atoms with Gasteiger partial charge in [-0.25, -0.2) is 4.79 Å². The number of anilines is 2. The number of aromatic nitrogens is 4. The number of hydrogen-bond acceptors (Lipinski definition) is 4. The second kappa shape index (κ2) is 6.40. The van der Waals surface area contributed by atoms with E-state index in [9.17, 15) is 9.59 Å². The van der Waals surface area contributed by atoms with Gasteiger partial charge < -0.3 is 9.47 Å². The lowest BCUT2D eigenvalue weighted by Gasteiger charge is -2.29. The molecule has 27 heavy (non-hydrogen) atoms. The maximum Gasteiger partial charge on any atom is 0.332 e. The lowest BCUT2D eigenvalue weighted by Crippen LogP contribution is -2.39. The summed E-state index contributed by atoms with van der Waals surface area (Å²) in [6.45, 7) is 8.11. The molecule has 1 aliphatic rings. The molecule has 0 fully saturated rings. The molecule has 0 spiro atoms. The van der Waals surface area contributed by atoms with Crippen LogP contribution in [0.1, 0.15) is 30.9 Å². The maximum atomic E-state index is 13.0. The molecule has 0 aliphatic carbocycles. The maximum absolute atomic E-state index is 13.0. The van der Waals surface area contributed by atoms with Crippen molar-refractivity contribution < 1.29 is 0 Å². The molecule has 1 aliphatic heterocycles. The normalized spacial score (nSPS) is 14.0. The zero-order valence-corrected chi connectivity index (χ0v) is 16.3. The quantitative estimate of drug-likeness (QED) is 0.713. The molecule has 2 aromatic heterocycles. The summed E-state index contributed by atoms with van der Waals surface area (Å²) in [7, 11) is 1.69. The molecule has 0 saturated carbocycles. The highest BCUT2D eigenvalue weighted by atomic mass is 16.2. The summed E-state index contributed by atoms with van der Waals surface area (Å²) < 4.78 is 4.80. The molecule has 3 heterocycles. The van der Waals surface area contributed by atoms with Crippen molar-refractivity contribution in [2.45, 2.75) is 46.7 Å². The molecule has 0 bridgehead atoms. The Labute approximate surface area is 157 Å². The number of hydrogen-bond donors (Lipinski definition) is 0. The van der Waals surface area contributed by atoms with Gasteiger partial charge in [-0.15, -0.1) is 0 Å². The Morgan fingerprint density at radius 3 is 2.44 bits per heavy atom. The number of fused-ring (bicyclic) bond motifs is 3. The van der Waals surface area contributed by atoms with Gasteiger partial charge in [0.25, 0.3) is 5.56 Å². The minimum atomic E-state index is -0.303. The van der Waals surface area contributed by atoms with Crippen LogP contribution in [-0.4, -0.2) is 25.2 Å². The number of aryl methyl sites for hydroxylation is 4. The van der Waals surface area contributed by atoms with Gasteiger partial charge in [0.05, 0.1) is 0 Å². The minimum Gasteiger partial charge on any atom is -0.312 e. The monoisotopic (exact) mass is 367 g/mol. The Kier molecular flexibility index (Phi) is 4.17. The van der Waals surface area contributed by atoms with E-state index >= 15 is 0 Å². The molecule has 0 atom stereocenters. The third-order valence-corrected chi connectivity index (χ3v) is 5.18. The summed E-state index contributed by atoms with van der Waals surface area (Å²) in [6, 6.07) is 6.41. The van der Waals surface area contributed by atoms with Crippen LogP contribution < -0.4 is 16.1 Å². The molecule has 0 saturated heterocycles. The summed E-state index contributed by atoms with van der Waals surface area (Å²) in [5.74, 6) is 0.739. The van der Waals surface area contributed by atoms with E-state index in [1.807, 2.05) is 11.5 Å². The molecule has 7 heteroatoms. The Morgan fingerprint density at radius 2 is 1.78 bits per heavy atom. The predicted molar refractivity (Wildman–Crippen MR) is 107 cm³/mol. The molecule has 0 amide bonds. The molecule has 0 unspecified atom stereocenters. The Morgan fingerprint density at radius 1 is 1.07 bits per heavy atom. The van der Waals surface area contributed by atoms with Crippen LogP contribution in [0, 0.1) is 13.8 Å². The van der Waals surface area contributed by atoms with E-state index in [2.05, 4.69) is 36.9 Å². The average Bonchev–Trinajstić information content (AvgIpc) is 3.02. The molecule has 7 nitrogen and oxygen atoms in total. The molecule has 4 rings (SSSR count). The van der Waals surface area contributed by atoms with Crippen LogP contribution in [0.5, 0.6) is 0 Å². The van der Waals surface area contributed by atoms with Crippen molar-refractivity contribution in [1.29, 1.82) is 0 Å². The highest BCUT2D eigenvalue weighted by Crippen LogP contribution is 2.31. The van der Waals surface area contributed by atoms with Crippen LogP contribution in [0.15, 0.2) is 27.8 Å². The van der Waals surface area contributed by atoms with Gasteiger partial charge in [0, 0.05) is 32.4 Å². The topological polar surface area (TPSA) is 65.1 Å². The molecule has 3 aromatic rings. The van der Waals surface area contributed by atoms with Crippen molar-refractivity contribution in [2.24, 2.45) is 7.05 Å². The Bertz CT molecular complexity index is 1130. The van der Waals surface area contributed by atoms with Gasteiger partial charge in [0.2, 0.25) is 5.95 Å². The summed E-state index contributed by atoms with van der Waals surface area (Å²) in [5, 5.41) is 0. The van der Waals surface area contributed by atoms with E-state index in [4.69, 9.17) is 4.98 Å². The van der Waals surface area contributed by atoms with Crippen LogP contribution in [-0.2, 0) is 20.1 Å². The first kappa shape index (κ1) is 17.6. The summed E-state index contributed by atoms with van der Waals surface area (Å²) in [6.07, 6.45) is 1.65. The van der Waals surface area contributed by atoms with Gasteiger partial charge in [-0.05, 0) is 49.9 Å². The van der Waals surface area contributed by atoms with Gasteiger partial charge in [-0.3, -0.25) is 13.9 Å². The molecule has 142 valence electrons. The van der Waals surface area contributed by atoms with Crippen LogP contribution >= 0.6 is 0 Å². The van der Waals surface area contributed by atoms with Crippen molar-refractivity contribution in [3.8, 4) is 0 Å². The lowest BCUT2D eigenvalue weighted by molar-refractivity contribution is 0.579. The van der Waals surface area contributed by atoms with Crippen LogP contribution in [0.25, 0.3) is 11.2 Å². The van der Waals surface area contributed by atoms with E-state index in [1.165, 1.54) is 20.3 Å². The fourth-order valence-electron chi connectivity index (χ4n) is 4.04. The number of benzene rings is 1. The molecule has 0 N–H and O–H groups in total. The summed E-state index contributed by atoms with van der Waals surface area (Å²) >= 11 is 0. The van der Waals surface area contributed by atoms with Crippen LogP contribution in [0.3, 0.4) is 0 Å². The summed E-state index contributed by atoms with van der Waals surface area (Å²) in [4.78, 5) is 32.5. The lowest BCUT2D eigenvalue weighted by atomic mass is 10.1. The molecular weight excluding hydrogens is 342 g/mol. The third-order valence-electron chi connectivity index (χ3n) is 5.18. The molecule has 0 radical (unpaired) electrons. The van der Waals surface area contributed by atoms with E-state index in [0.29, 0.717) is 17.7 Å². The van der Waals surface area contributed by atoms with E-state index in [1.54, 1.807) is 7.05 Å². The van der Waals surface area contributed by atoms with Crippen molar-refractivity contribution in [2.75, 3.05) is 11.4 Å². The van der Waals surface area contributed by atoms with Gasteiger partial charge >= 0.3 is 5.69 Å². The first-order valence-corrected chi connectivity index (χ1v) is 9.48. The van der Waals surface area contributed by atoms with Gasteiger partial charge in [0.1, 0.15) is 0 Å². The van der Waals surface area contributed by atoms with Crippen LogP contribution in [0.4, 0.5) is 11.6 Å². The van der Waals surface area contributed by atoms with Crippen molar-refractivity contribution >= 4 is 22.8 Å². The largest absolute Gasteiger partial charge is 0.332 e. The second-order valence-electron chi connectivity index (χ2n) is 7.39. The van der Waals surface area contributed by atoms with Crippen molar-refractivity contribution in [3.63, 3.8) is 0 Å². The highest BCUT2D eigenvalue weighted by molar-refractivity contribution is 5.77. The van der Waals surface area contributed by atoms with E-state index < -0.39 is 0 Å². The fourth-order valence-corrected chi connectivity index (χ4v) is 4.04. The number of imidazole rings is 1. The Balaban J connectivity index is 1.99. The highest BCUT2D eigenvalue weighted by Gasteiger charge is 2.27. The number of nitrogens with zero attached hydrogens (tertiary/aromatic N) is 5. The second-order valence-corrected chi connectivity index (χ2v) is 7.39. The smallest absolute Gasteiger partial charge is 0.312 e. The molecular formula is C20H25N5O2.